The summed E-state index contributed by atoms with van der Waals surface area (Å²) in [6.45, 7) is 3.49. The molecule has 1 aromatic rings. The maximum Gasteiger partial charge on any atom is 0.328 e. The van der Waals surface area contributed by atoms with Gasteiger partial charge in [0.05, 0.1) is 0 Å². The summed E-state index contributed by atoms with van der Waals surface area (Å²) in [6, 6.07) is 9.31. The van der Waals surface area contributed by atoms with Crippen molar-refractivity contribution >= 4 is 24.0 Å². The van der Waals surface area contributed by atoms with Crippen molar-refractivity contribution in [3.05, 3.63) is 66.3 Å². The number of unbranched alkanes of at least 4 members (excludes halogenated alkanes) is 8. The van der Waals surface area contributed by atoms with E-state index in [1.165, 1.54) is 45.4 Å². The third kappa shape index (κ3) is 23.7. The molecule has 1 N–H and O–H groups in total. The molecule has 0 bridgehead atoms. The van der Waals surface area contributed by atoms with Gasteiger partial charge in [0.15, 0.2) is 0 Å². The minimum atomic E-state index is -0.922. The van der Waals surface area contributed by atoms with E-state index >= 15 is 0 Å². The molecule has 0 fully saturated rings. The van der Waals surface area contributed by atoms with E-state index in [9.17, 15) is 14.4 Å². The number of carboxylic acid groups (broad SMARTS) is 1. The number of carbonyl (C=O) groups is 3. The van der Waals surface area contributed by atoms with E-state index < -0.39 is 17.9 Å². The van der Waals surface area contributed by atoms with E-state index in [4.69, 9.17) is 5.11 Å². The Hall–Kier alpha value is -2.95. The van der Waals surface area contributed by atoms with Crippen LogP contribution in [0.4, 0.5) is 0 Å². The highest BCUT2D eigenvalue weighted by molar-refractivity contribution is 5.85. The zero-order valence-corrected chi connectivity index (χ0v) is 20.9. The average Bonchev–Trinajstić information content (AvgIpc) is 2.81. The van der Waals surface area contributed by atoms with Crippen LogP contribution in [-0.2, 0) is 19.1 Å². The Kier molecular flexibility index (Phi) is 21.2. The Morgan fingerprint density at radius 1 is 0.824 bits per heavy atom. The standard InChI is InChI=1S/C20H34O3.C9H8O2/c1-3-4-5-6-7-8-9-10-11-12-13-14-15-16-17-18-20(22)23-19(2)21;10-9(11)7-6-8-4-2-1-3-5-8/h7-8,10-11H,3-6,9,12-18H2,1-2H3;1-7H,(H,10,11)/b8-7-,11-10-;. The zero-order chi connectivity index (χ0) is 25.3. The number of allylic oxidation sites excluding steroid dienone is 4. The van der Waals surface area contributed by atoms with Crippen molar-refractivity contribution in [2.75, 3.05) is 0 Å². The van der Waals surface area contributed by atoms with Crippen LogP contribution in [-0.4, -0.2) is 23.0 Å². The molecule has 0 spiro atoms. The number of rotatable bonds is 16. The van der Waals surface area contributed by atoms with Crippen LogP contribution >= 0.6 is 0 Å². The van der Waals surface area contributed by atoms with Gasteiger partial charge < -0.3 is 9.84 Å². The Morgan fingerprint density at radius 3 is 2.00 bits per heavy atom. The van der Waals surface area contributed by atoms with Crippen LogP contribution in [0.1, 0.15) is 96.5 Å². The molecule has 0 atom stereocenters. The molecular weight excluding hydrogens is 428 g/mol. The largest absolute Gasteiger partial charge is 0.478 e. The number of hydrogen-bond donors (Lipinski definition) is 1. The van der Waals surface area contributed by atoms with Gasteiger partial charge in [-0.05, 0) is 50.2 Å². The van der Waals surface area contributed by atoms with Gasteiger partial charge in [-0.1, -0.05) is 93.7 Å². The summed E-state index contributed by atoms with van der Waals surface area (Å²) in [4.78, 5) is 31.8. The van der Waals surface area contributed by atoms with Crippen LogP contribution in [0.15, 0.2) is 60.7 Å². The zero-order valence-electron chi connectivity index (χ0n) is 20.9. The van der Waals surface area contributed by atoms with Gasteiger partial charge >= 0.3 is 17.9 Å². The van der Waals surface area contributed by atoms with Gasteiger partial charge in [-0.3, -0.25) is 9.59 Å². The number of benzene rings is 1. The number of ether oxygens (including phenoxy) is 1. The fraction of sp³-hybridized carbons (Fsp3) is 0.483. The lowest BCUT2D eigenvalue weighted by atomic mass is 10.1. The second kappa shape index (κ2) is 23.2. The van der Waals surface area contributed by atoms with E-state index in [1.54, 1.807) is 6.08 Å². The number of carbonyl (C=O) groups excluding carboxylic acids is 2. The predicted octanol–water partition coefficient (Wildman–Crippen LogP) is 7.67. The van der Waals surface area contributed by atoms with E-state index in [-0.39, 0.29) is 0 Å². The third-order valence-corrected chi connectivity index (χ3v) is 4.81. The highest BCUT2D eigenvalue weighted by atomic mass is 16.6. The van der Waals surface area contributed by atoms with Gasteiger partial charge in [-0.25, -0.2) is 4.79 Å². The first-order valence-electron chi connectivity index (χ1n) is 12.4. The van der Waals surface area contributed by atoms with E-state index in [0.717, 1.165) is 43.7 Å². The van der Waals surface area contributed by atoms with Crippen molar-refractivity contribution in [3.63, 3.8) is 0 Å². The predicted molar refractivity (Wildman–Crippen MR) is 139 cm³/mol. The Bertz CT molecular complexity index is 747. The molecule has 0 radical (unpaired) electrons. The van der Waals surface area contributed by atoms with Crippen molar-refractivity contribution in [3.8, 4) is 0 Å². The summed E-state index contributed by atoms with van der Waals surface area (Å²) in [7, 11) is 0. The smallest absolute Gasteiger partial charge is 0.328 e. The van der Waals surface area contributed by atoms with Crippen LogP contribution in [0, 0.1) is 0 Å². The maximum atomic E-state index is 11.1. The fourth-order valence-electron chi connectivity index (χ4n) is 3.02. The molecule has 0 saturated carbocycles. The molecule has 5 heteroatoms. The van der Waals surface area contributed by atoms with Gasteiger partial charge in [-0.2, -0.15) is 0 Å². The highest BCUT2D eigenvalue weighted by Gasteiger charge is 2.04. The van der Waals surface area contributed by atoms with Gasteiger partial charge in [0, 0.05) is 19.4 Å². The minimum Gasteiger partial charge on any atom is -0.478 e. The summed E-state index contributed by atoms with van der Waals surface area (Å²) < 4.78 is 4.48. The fourth-order valence-corrected chi connectivity index (χ4v) is 3.02. The SMILES string of the molecule is CCCCC/C=C\C/C=C\CCCCCCCC(=O)OC(C)=O.O=C(O)C=Cc1ccccc1. The molecule has 0 saturated heterocycles. The number of esters is 2. The first-order chi connectivity index (χ1) is 16.5. The van der Waals surface area contributed by atoms with Gasteiger partial charge in [0.1, 0.15) is 0 Å². The quantitative estimate of drug-likeness (QED) is 0.0881. The van der Waals surface area contributed by atoms with Crippen molar-refractivity contribution in [1.29, 1.82) is 0 Å². The Morgan fingerprint density at radius 2 is 1.41 bits per heavy atom. The number of carboxylic acids is 1. The molecule has 0 aliphatic rings. The molecule has 0 heterocycles. The van der Waals surface area contributed by atoms with Crippen LogP contribution < -0.4 is 0 Å². The lowest BCUT2D eigenvalue weighted by Crippen LogP contribution is -2.08. The van der Waals surface area contributed by atoms with Crippen molar-refractivity contribution in [1.82, 2.24) is 0 Å². The van der Waals surface area contributed by atoms with Gasteiger partial charge in [0.25, 0.3) is 0 Å². The molecule has 5 nitrogen and oxygen atoms in total. The summed E-state index contributed by atoms with van der Waals surface area (Å²) in [5, 5.41) is 8.29. The highest BCUT2D eigenvalue weighted by Crippen LogP contribution is 2.08. The minimum absolute atomic E-state index is 0.351. The summed E-state index contributed by atoms with van der Waals surface area (Å²) in [6.07, 6.45) is 24.8. The van der Waals surface area contributed by atoms with E-state index in [2.05, 4.69) is 36.0 Å². The molecule has 0 aliphatic heterocycles. The lowest BCUT2D eigenvalue weighted by Gasteiger charge is -2.00. The van der Waals surface area contributed by atoms with Crippen LogP contribution in [0.25, 0.3) is 6.08 Å². The lowest BCUT2D eigenvalue weighted by molar-refractivity contribution is -0.158. The summed E-state index contributed by atoms with van der Waals surface area (Å²) in [5.74, 6) is -1.84. The molecule has 0 unspecified atom stereocenters. The Labute approximate surface area is 205 Å². The average molecular weight is 471 g/mol. The van der Waals surface area contributed by atoms with Crippen LogP contribution in [0.2, 0.25) is 0 Å². The van der Waals surface area contributed by atoms with E-state index in [1.807, 2.05) is 30.3 Å². The normalized spacial score (nSPS) is 11.0. The topological polar surface area (TPSA) is 80.7 Å². The molecular formula is C29H42O5. The van der Waals surface area contributed by atoms with Crippen molar-refractivity contribution < 1.29 is 24.2 Å². The number of hydrogen-bond acceptors (Lipinski definition) is 4. The van der Waals surface area contributed by atoms with E-state index in [0.29, 0.717) is 6.42 Å². The van der Waals surface area contributed by atoms with Crippen LogP contribution in [0.3, 0.4) is 0 Å². The summed E-state index contributed by atoms with van der Waals surface area (Å²) in [5.41, 5.74) is 0.898. The molecule has 34 heavy (non-hydrogen) atoms. The third-order valence-electron chi connectivity index (χ3n) is 4.81. The monoisotopic (exact) mass is 470 g/mol. The summed E-state index contributed by atoms with van der Waals surface area (Å²) >= 11 is 0. The maximum absolute atomic E-state index is 11.1. The van der Waals surface area contributed by atoms with Gasteiger partial charge in [-0.15, -0.1) is 0 Å². The molecule has 1 aromatic carbocycles. The van der Waals surface area contributed by atoms with Crippen LogP contribution in [0.5, 0.6) is 0 Å². The second-order valence-electron chi connectivity index (χ2n) is 8.03. The molecule has 0 amide bonds. The van der Waals surface area contributed by atoms with Crippen molar-refractivity contribution in [2.45, 2.75) is 90.9 Å². The number of aliphatic carboxylic acids is 1. The molecule has 188 valence electrons. The molecule has 0 aliphatic carbocycles. The first kappa shape index (κ1) is 31.0. The molecule has 0 aromatic heterocycles. The van der Waals surface area contributed by atoms with Crippen molar-refractivity contribution in [2.24, 2.45) is 0 Å². The second-order valence-corrected chi connectivity index (χ2v) is 8.03. The molecule has 1 rings (SSSR count). The van der Waals surface area contributed by atoms with Gasteiger partial charge in [0.2, 0.25) is 0 Å². The first-order valence-corrected chi connectivity index (χ1v) is 12.4. The Balaban J connectivity index is 0.000000818.